The summed E-state index contributed by atoms with van der Waals surface area (Å²) in [5.41, 5.74) is 0. The minimum absolute atomic E-state index is 0.107. The predicted molar refractivity (Wildman–Crippen MR) is 81.0 cm³/mol. The predicted octanol–water partition coefficient (Wildman–Crippen LogP) is 1.55. The molecule has 1 heterocycles. The lowest BCUT2D eigenvalue weighted by atomic mass is 10.1. The minimum Gasteiger partial charge on any atom is -0.497 e. The number of aliphatic hydroxyl groups excluding tert-OH is 1. The largest absolute Gasteiger partial charge is 0.497 e. The molecule has 1 N–H and O–H groups in total. The number of aliphatic hydroxyl groups is 1. The van der Waals surface area contributed by atoms with Crippen LogP contribution in [-0.2, 0) is 4.74 Å². The molecule has 0 amide bonds. The molecule has 2 rings (SSSR count). The van der Waals surface area contributed by atoms with E-state index < -0.39 is 0 Å². The number of hydrogen-bond acceptors (Lipinski definition) is 5. The fourth-order valence-electron chi connectivity index (χ4n) is 2.48. The monoisotopic (exact) mass is 295 g/mol. The van der Waals surface area contributed by atoms with Crippen molar-refractivity contribution in [2.75, 3.05) is 46.6 Å². The van der Waals surface area contributed by atoms with E-state index in [2.05, 4.69) is 4.90 Å². The van der Waals surface area contributed by atoms with Crippen molar-refractivity contribution in [3.8, 4) is 11.5 Å². The number of likely N-dealkylation sites (tertiary alicyclic amines) is 1. The third-order valence-electron chi connectivity index (χ3n) is 3.72. The van der Waals surface area contributed by atoms with Crippen LogP contribution in [0.3, 0.4) is 0 Å². The summed E-state index contributed by atoms with van der Waals surface area (Å²) in [6.07, 6.45) is 2.36. The van der Waals surface area contributed by atoms with Gasteiger partial charge in [0.25, 0.3) is 0 Å². The maximum absolute atomic E-state index is 8.75. The Morgan fingerprint density at radius 1 is 1.10 bits per heavy atom. The van der Waals surface area contributed by atoms with Gasteiger partial charge in [-0.2, -0.15) is 0 Å². The number of piperidine rings is 1. The molecular weight excluding hydrogens is 270 g/mol. The van der Waals surface area contributed by atoms with Crippen molar-refractivity contribution >= 4 is 0 Å². The molecule has 0 aromatic heterocycles. The Hall–Kier alpha value is -1.30. The highest BCUT2D eigenvalue weighted by Gasteiger charge is 2.19. The zero-order chi connectivity index (χ0) is 14.9. The molecule has 1 aliphatic rings. The van der Waals surface area contributed by atoms with Crippen LogP contribution in [0.5, 0.6) is 11.5 Å². The Morgan fingerprint density at radius 2 is 1.76 bits per heavy atom. The molecule has 0 aliphatic carbocycles. The smallest absolute Gasteiger partial charge is 0.119 e. The molecule has 0 bridgehead atoms. The van der Waals surface area contributed by atoms with E-state index in [-0.39, 0.29) is 6.61 Å². The zero-order valence-corrected chi connectivity index (χ0v) is 12.7. The number of ether oxygens (including phenoxy) is 3. The molecule has 1 aromatic carbocycles. The second-order valence-corrected chi connectivity index (χ2v) is 5.16. The summed E-state index contributed by atoms with van der Waals surface area (Å²) < 4.78 is 16.4. The maximum atomic E-state index is 8.75. The van der Waals surface area contributed by atoms with E-state index in [9.17, 15) is 0 Å². The number of nitrogens with zero attached hydrogens (tertiary/aromatic N) is 1. The van der Waals surface area contributed by atoms with Crippen LogP contribution in [0.1, 0.15) is 12.8 Å². The van der Waals surface area contributed by atoms with E-state index in [4.69, 9.17) is 19.3 Å². The van der Waals surface area contributed by atoms with Gasteiger partial charge in [-0.25, -0.2) is 0 Å². The van der Waals surface area contributed by atoms with Gasteiger partial charge < -0.3 is 19.3 Å². The molecule has 0 atom stereocenters. The average Bonchev–Trinajstić information content (AvgIpc) is 2.55. The van der Waals surface area contributed by atoms with E-state index in [1.807, 2.05) is 24.3 Å². The van der Waals surface area contributed by atoms with Crippen molar-refractivity contribution in [1.29, 1.82) is 0 Å². The lowest BCUT2D eigenvalue weighted by molar-refractivity contribution is -0.00923. The van der Waals surface area contributed by atoms with Crippen LogP contribution in [-0.4, -0.2) is 62.7 Å². The van der Waals surface area contributed by atoms with Gasteiger partial charge in [0, 0.05) is 19.6 Å². The summed E-state index contributed by atoms with van der Waals surface area (Å²) in [5, 5.41) is 8.75. The highest BCUT2D eigenvalue weighted by Crippen LogP contribution is 2.17. The molecule has 118 valence electrons. The number of rotatable bonds is 8. The lowest BCUT2D eigenvalue weighted by Gasteiger charge is -2.31. The first-order valence-electron chi connectivity index (χ1n) is 7.53. The Bertz CT molecular complexity index is 388. The molecule has 0 saturated carbocycles. The summed E-state index contributed by atoms with van der Waals surface area (Å²) in [6, 6.07) is 7.65. The zero-order valence-electron chi connectivity index (χ0n) is 12.7. The molecular formula is C16H25NO4. The summed E-state index contributed by atoms with van der Waals surface area (Å²) in [5.74, 6) is 1.71. The van der Waals surface area contributed by atoms with Crippen molar-refractivity contribution in [2.24, 2.45) is 0 Å². The van der Waals surface area contributed by atoms with Gasteiger partial charge >= 0.3 is 0 Å². The van der Waals surface area contributed by atoms with Crippen molar-refractivity contribution in [3.63, 3.8) is 0 Å². The summed E-state index contributed by atoms with van der Waals surface area (Å²) in [6.45, 7) is 4.23. The summed E-state index contributed by atoms with van der Waals surface area (Å²) >= 11 is 0. The van der Waals surface area contributed by atoms with Gasteiger partial charge in [0.2, 0.25) is 0 Å². The average molecular weight is 295 g/mol. The lowest BCUT2D eigenvalue weighted by Crippen LogP contribution is -2.39. The highest BCUT2D eigenvalue weighted by atomic mass is 16.5. The SMILES string of the molecule is COc1ccc(OCCN2CCC(OCCO)CC2)cc1. The van der Waals surface area contributed by atoms with Gasteiger partial charge in [-0.15, -0.1) is 0 Å². The third kappa shape index (κ3) is 5.53. The Labute approximate surface area is 126 Å². The van der Waals surface area contributed by atoms with Crippen molar-refractivity contribution in [3.05, 3.63) is 24.3 Å². The molecule has 0 spiro atoms. The Balaban J connectivity index is 1.61. The molecule has 5 heteroatoms. The van der Waals surface area contributed by atoms with E-state index >= 15 is 0 Å². The third-order valence-corrected chi connectivity index (χ3v) is 3.72. The molecule has 1 saturated heterocycles. The van der Waals surface area contributed by atoms with E-state index in [1.54, 1.807) is 7.11 Å². The van der Waals surface area contributed by atoms with E-state index in [0.29, 0.717) is 19.3 Å². The summed E-state index contributed by atoms with van der Waals surface area (Å²) in [7, 11) is 1.66. The van der Waals surface area contributed by atoms with Gasteiger partial charge in [-0.1, -0.05) is 0 Å². The highest BCUT2D eigenvalue weighted by molar-refractivity contribution is 5.31. The van der Waals surface area contributed by atoms with Gasteiger partial charge in [-0.3, -0.25) is 4.90 Å². The number of benzene rings is 1. The standard InChI is InChI=1S/C16H25NO4/c1-19-14-2-4-15(5-3-14)20-12-10-17-8-6-16(7-9-17)21-13-11-18/h2-5,16,18H,6-13H2,1H3. The number of methoxy groups -OCH3 is 1. The van der Waals surface area contributed by atoms with Gasteiger partial charge in [0.1, 0.15) is 18.1 Å². The molecule has 1 aromatic rings. The van der Waals surface area contributed by atoms with Crippen LogP contribution in [0.4, 0.5) is 0 Å². The quantitative estimate of drug-likeness (QED) is 0.788. The first kappa shape index (κ1) is 16.1. The molecule has 1 fully saturated rings. The maximum Gasteiger partial charge on any atom is 0.119 e. The number of hydrogen-bond donors (Lipinski definition) is 1. The van der Waals surface area contributed by atoms with Gasteiger partial charge in [0.05, 0.1) is 26.4 Å². The Kier molecular flexibility index (Phi) is 6.79. The van der Waals surface area contributed by atoms with Crippen LogP contribution in [0.15, 0.2) is 24.3 Å². The van der Waals surface area contributed by atoms with Crippen LogP contribution in [0.2, 0.25) is 0 Å². The fourth-order valence-corrected chi connectivity index (χ4v) is 2.48. The van der Waals surface area contributed by atoms with Crippen molar-refractivity contribution in [1.82, 2.24) is 4.90 Å². The van der Waals surface area contributed by atoms with Gasteiger partial charge in [0.15, 0.2) is 0 Å². The molecule has 0 unspecified atom stereocenters. The van der Waals surface area contributed by atoms with Crippen LogP contribution < -0.4 is 9.47 Å². The second kappa shape index (κ2) is 8.87. The Morgan fingerprint density at radius 3 is 2.38 bits per heavy atom. The fraction of sp³-hybridized carbons (Fsp3) is 0.625. The minimum atomic E-state index is 0.107. The van der Waals surface area contributed by atoms with Crippen molar-refractivity contribution in [2.45, 2.75) is 18.9 Å². The first-order chi connectivity index (χ1) is 10.3. The molecule has 1 aliphatic heterocycles. The van der Waals surface area contributed by atoms with Crippen LogP contribution in [0.25, 0.3) is 0 Å². The normalized spacial score (nSPS) is 16.9. The second-order valence-electron chi connectivity index (χ2n) is 5.16. The molecule has 0 radical (unpaired) electrons. The van der Waals surface area contributed by atoms with Crippen LogP contribution in [0, 0.1) is 0 Å². The van der Waals surface area contributed by atoms with E-state index in [1.165, 1.54) is 0 Å². The van der Waals surface area contributed by atoms with Crippen LogP contribution >= 0.6 is 0 Å². The molecule has 21 heavy (non-hydrogen) atoms. The summed E-state index contributed by atoms with van der Waals surface area (Å²) in [4.78, 5) is 2.39. The first-order valence-corrected chi connectivity index (χ1v) is 7.53. The topological polar surface area (TPSA) is 51.2 Å². The molecule has 5 nitrogen and oxygen atoms in total. The van der Waals surface area contributed by atoms with Gasteiger partial charge in [-0.05, 0) is 37.1 Å². The van der Waals surface area contributed by atoms with E-state index in [0.717, 1.165) is 44.0 Å². The van der Waals surface area contributed by atoms with Crippen molar-refractivity contribution < 1.29 is 19.3 Å².